The fourth-order valence-corrected chi connectivity index (χ4v) is 4.53. The highest BCUT2D eigenvalue weighted by Crippen LogP contribution is 2.34. The van der Waals surface area contributed by atoms with Crippen LogP contribution in [0.4, 0.5) is 13.2 Å². The molecule has 1 aliphatic rings. The van der Waals surface area contributed by atoms with E-state index >= 15 is 4.39 Å². The van der Waals surface area contributed by atoms with E-state index in [1.165, 1.54) is 18.2 Å². The third-order valence-corrected chi connectivity index (χ3v) is 6.78. The van der Waals surface area contributed by atoms with E-state index in [9.17, 15) is 8.78 Å². The molecule has 0 bridgehead atoms. The minimum absolute atomic E-state index is 0.0790. The van der Waals surface area contributed by atoms with E-state index in [0.29, 0.717) is 42.4 Å². The number of hydrogen-bond acceptors (Lipinski definition) is 3. The van der Waals surface area contributed by atoms with Crippen molar-refractivity contribution in [1.82, 2.24) is 0 Å². The second-order valence-electron chi connectivity index (χ2n) is 9.62. The summed E-state index contributed by atoms with van der Waals surface area (Å²) < 4.78 is 61.4. The average molecular weight is 525 g/mol. The highest BCUT2D eigenvalue weighted by Gasteiger charge is 2.25. The molecule has 0 aromatic heterocycles. The van der Waals surface area contributed by atoms with Gasteiger partial charge in [-0.3, -0.25) is 0 Å². The van der Waals surface area contributed by atoms with Gasteiger partial charge in [0.25, 0.3) is 0 Å². The Labute approximate surface area is 223 Å². The SMILES string of the molecule is C/C=C/CCC1COC(c2ccc(-c3ccc(-c4ccc(OCCCCC)c(F)c4F)cc3)cc2F)OC1. The Hall–Kier alpha value is -3.09. The molecule has 1 saturated heterocycles. The van der Waals surface area contributed by atoms with Crippen LogP contribution in [0.25, 0.3) is 22.3 Å². The predicted molar refractivity (Wildman–Crippen MR) is 144 cm³/mol. The summed E-state index contributed by atoms with van der Waals surface area (Å²) in [7, 11) is 0. The van der Waals surface area contributed by atoms with E-state index in [0.717, 1.165) is 37.7 Å². The number of ether oxygens (including phenoxy) is 3. The molecular formula is C32H35F3O3. The maximum absolute atomic E-state index is 15.0. The molecule has 202 valence electrons. The van der Waals surface area contributed by atoms with Crippen molar-refractivity contribution in [2.24, 2.45) is 5.92 Å². The summed E-state index contributed by atoms with van der Waals surface area (Å²) in [5, 5.41) is 0. The topological polar surface area (TPSA) is 27.7 Å². The zero-order chi connectivity index (χ0) is 26.9. The first-order valence-electron chi connectivity index (χ1n) is 13.4. The smallest absolute Gasteiger partial charge is 0.201 e. The lowest BCUT2D eigenvalue weighted by Gasteiger charge is -2.29. The Kier molecular flexibility index (Phi) is 10.0. The number of hydrogen-bond donors (Lipinski definition) is 0. The molecule has 0 saturated carbocycles. The minimum Gasteiger partial charge on any atom is -0.490 e. The molecule has 0 radical (unpaired) electrons. The van der Waals surface area contributed by atoms with Gasteiger partial charge < -0.3 is 14.2 Å². The Bertz CT molecular complexity index is 1220. The van der Waals surface area contributed by atoms with E-state index in [1.54, 1.807) is 30.3 Å². The minimum atomic E-state index is -0.989. The van der Waals surface area contributed by atoms with Gasteiger partial charge in [-0.25, -0.2) is 8.78 Å². The van der Waals surface area contributed by atoms with Gasteiger partial charge in [0.15, 0.2) is 17.9 Å². The molecule has 6 heteroatoms. The molecule has 1 aliphatic heterocycles. The first-order chi connectivity index (χ1) is 18.5. The fraction of sp³-hybridized carbons (Fsp3) is 0.375. The van der Waals surface area contributed by atoms with Crippen LogP contribution in [-0.4, -0.2) is 19.8 Å². The van der Waals surface area contributed by atoms with Gasteiger partial charge in [-0.1, -0.05) is 68.3 Å². The van der Waals surface area contributed by atoms with E-state index in [4.69, 9.17) is 14.2 Å². The van der Waals surface area contributed by atoms with Crippen molar-refractivity contribution >= 4 is 0 Å². The maximum Gasteiger partial charge on any atom is 0.201 e. The standard InChI is InChI=1S/C32H35F3O3/c1-3-5-7-9-22-20-37-32(38-21-22)27-15-14-25(19-28(27)33)23-10-12-24(13-11-23)26-16-17-29(31(35)30(26)34)36-18-8-6-4-2/h3,5,10-17,19,22,32H,4,6-9,18,20-21H2,1-2H3/b5-3+. The second kappa shape index (κ2) is 13.6. The maximum atomic E-state index is 15.0. The van der Waals surface area contributed by atoms with Crippen LogP contribution in [0.5, 0.6) is 5.75 Å². The largest absolute Gasteiger partial charge is 0.490 e. The second-order valence-corrected chi connectivity index (χ2v) is 9.62. The summed E-state index contributed by atoms with van der Waals surface area (Å²) in [5.74, 6) is -2.12. The molecule has 0 amide bonds. The monoisotopic (exact) mass is 524 g/mol. The first-order valence-corrected chi connectivity index (χ1v) is 13.4. The predicted octanol–water partition coefficient (Wildman–Crippen LogP) is 9.02. The van der Waals surface area contributed by atoms with E-state index in [1.807, 2.05) is 19.1 Å². The van der Waals surface area contributed by atoms with Gasteiger partial charge in [0.1, 0.15) is 5.82 Å². The lowest BCUT2D eigenvalue weighted by atomic mass is 9.98. The van der Waals surface area contributed by atoms with Crippen LogP contribution in [0.15, 0.2) is 66.7 Å². The number of allylic oxidation sites excluding steroid dienone is 2. The quantitative estimate of drug-likeness (QED) is 0.185. The molecule has 4 rings (SSSR count). The van der Waals surface area contributed by atoms with Crippen LogP contribution in [0, 0.1) is 23.4 Å². The van der Waals surface area contributed by atoms with Crippen LogP contribution < -0.4 is 4.74 Å². The van der Waals surface area contributed by atoms with Crippen molar-refractivity contribution < 1.29 is 27.4 Å². The van der Waals surface area contributed by atoms with E-state index in [2.05, 4.69) is 13.0 Å². The molecular weight excluding hydrogens is 489 g/mol. The molecule has 1 fully saturated rings. The van der Waals surface area contributed by atoms with Gasteiger partial charge in [-0.15, -0.1) is 0 Å². The summed E-state index contributed by atoms with van der Waals surface area (Å²) in [6.07, 6.45) is 8.16. The number of unbranched alkanes of at least 4 members (excludes halogenated alkanes) is 2. The van der Waals surface area contributed by atoms with Crippen LogP contribution >= 0.6 is 0 Å². The first kappa shape index (κ1) is 27.9. The van der Waals surface area contributed by atoms with Crippen molar-refractivity contribution in [2.45, 2.75) is 52.2 Å². The van der Waals surface area contributed by atoms with E-state index in [-0.39, 0.29) is 11.3 Å². The highest BCUT2D eigenvalue weighted by molar-refractivity contribution is 5.71. The van der Waals surface area contributed by atoms with Gasteiger partial charge in [0, 0.05) is 17.0 Å². The van der Waals surface area contributed by atoms with Crippen molar-refractivity contribution in [3.8, 4) is 28.0 Å². The summed E-state index contributed by atoms with van der Waals surface area (Å²) >= 11 is 0. The number of halogens is 3. The lowest BCUT2D eigenvalue weighted by Crippen LogP contribution is -2.27. The van der Waals surface area contributed by atoms with Gasteiger partial charge in [0.05, 0.1) is 19.8 Å². The molecule has 0 spiro atoms. The molecule has 0 atom stereocenters. The fourth-order valence-electron chi connectivity index (χ4n) is 4.53. The van der Waals surface area contributed by atoms with Gasteiger partial charge in [-0.05, 0) is 61.1 Å². The van der Waals surface area contributed by atoms with Gasteiger partial charge in [0.2, 0.25) is 5.82 Å². The zero-order valence-electron chi connectivity index (χ0n) is 22.0. The molecule has 0 unspecified atom stereocenters. The summed E-state index contributed by atoms with van der Waals surface area (Å²) in [6, 6.07) is 14.8. The van der Waals surface area contributed by atoms with Gasteiger partial charge in [-0.2, -0.15) is 4.39 Å². The summed E-state index contributed by atoms with van der Waals surface area (Å²) in [6.45, 7) is 5.48. The lowest BCUT2D eigenvalue weighted by molar-refractivity contribution is -0.207. The van der Waals surface area contributed by atoms with Crippen LogP contribution in [0.2, 0.25) is 0 Å². The molecule has 3 aromatic carbocycles. The summed E-state index contributed by atoms with van der Waals surface area (Å²) in [4.78, 5) is 0. The van der Waals surface area contributed by atoms with Crippen molar-refractivity contribution in [1.29, 1.82) is 0 Å². The number of benzene rings is 3. The van der Waals surface area contributed by atoms with Crippen LogP contribution in [0.1, 0.15) is 57.8 Å². The number of rotatable bonds is 11. The Balaban J connectivity index is 1.41. The van der Waals surface area contributed by atoms with Crippen LogP contribution in [-0.2, 0) is 9.47 Å². The molecule has 38 heavy (non-hydrogen) atoms. The van der Waals surface area contributed by atoms with Crippen molar-refractivity contribution in [3.05, 3.63) is 89.8 Å². The Morgan fingerprint density at radius 2 is 1.58 bits per heavy atom. The highest BCUT2D eigenvalue weighted by atomic mass is 19.2. The molecule has 3 nitrogen and oxygen atoms in total. The van der Waals surface area contributed by atoms with Crippen LogP contribution in [0.3, 0.4) is 0 Å². The zero-order valence-corrected chi connectivity index (χ0v) is 22.0. The van der Waals surface area contributed by atoms with Crippen molar-refractivity contribution in [2.75, 3.05) is 19.8 Å². The summed E-state index contributed by atoms with van der Waals surface area (Å²) in [5.41, 5.74) is 2.46. The molecule has 0 aliphatic carbocycles. The third-order valence-electron chi connectivity index (χ3n) is 6.78. The average Bonchev–Trinajstić information content (AvgIpc) is 2.94. The Morgan fingerprint density at radius 1 is 0.868 bits per heavy atom. The van der Waals surface area contributed by atoms with Crippen molar-refractivity contribution in [3.63, 3.8) is 0 Å². The molecule has 3 aromatic rings. The Morgan fingerprint density at radius 3 is 2.26 bits per heavy atom. The molecule has 1 heterocycles. The van der Waals surface area contributed by atoms with E-state index < -0.39 is 23.7 Å². The third kappa shape index (κ3) is 6.86. The van der Waals surface area contributed by atoms with Gasteiger partial charge >= 0.3 is 0 Å². The normalized spacial score (nSPS) is 17.7. The molecule has 0 N–H and O–H groups in total.